The molecule has 0 saturated carbocycles. The second kappa shape index (κ2) is 12.0. The van der Waals surface area contributed by atoms with Gasteiger partial charge in [-0.05, 0) is 79.9 Å². The summed E-state index contributed by atoms with van der Waals surface area (Å²) in [5, 5.41) is 2.34. The summed E-state index contributed by atoms with van der Waals surface area (Å²) >= 11 is 0.810. The molecule has 1 aliphatic heterocycles. The number of nitrogens with one attached hydrogen (secondary N) is 1. The molecule has 0 unspecified atom stereocenters. The number of ether oxygens (including phenoxy) is 2. The van der Waals surface area contributed by atoms with Gasteiger partial charge in [-0.1, -0.05) is 54.1 Å². The zero-order valence-corrected chi connectivity index (χ0v) is 22.7. The third-order valence-electron chi connectivity index (χ3n) is 5.96. The number of para-hydroxylation sites is 1. The molecule has 0 bridgehead atoms. The van der Waals surface area contributed by atoms with Crippen molar-refractivity contribution in [2.75, 3.05) is 18.5 Å². The van der Waals surface area contributed by atoms with Gasteiger partial charge in [0.25, 0.3) is 11.1 Å². The van der Waals surface area contributed by atoms with Crippen LogP contribution in [0.25, 0.3) is 6.08 Å². The number of benzene rings is 3. The molecule has 0 radical (unpaired) electrons. The molecule has 3 aromatic carbocycles. The fourth-order valence-electron chi connectivity index (χ4n) is 4.09. The van der Waals surface area contributed by atoms with Gasteiger partial charge >= 0.3 is 0 Å². The second-order valence-electron chi connectivity index (χ2n) is 9.00. The van der Waals surface area contributed by atoms with Crippen LogP contribution >= 0.6 is 11.8 Å². The van der Waals surface area contributed by atoms with Crippen LogP contribution in [0.1, 0.15) is 34.7 Å². The lowest BCUT2D eigenvalue weighted by molar-refractivity contribution is -0.127. The minimum atomic E-state index is -0.505. The molecule has 38 heavy (non-hydrogen) atoms. The standard InChI is InChI=1S/C30H30N2O5S/c1-5-36-25-15-22(12-13-24(25)37-18-23-11-6-8-19(2)14-23)16-26-29(34)32(30(35)38-26)17-27(33)31-28-20(3)9-7-10-21(28)4/h6-16H,5,17-18H2,1-4H3,(H,31,33)/b26-16-. The molecule has 4 rings (SSSR count). The summed E-state index contributed by atoms with van der Waals surface area (Å²) in [7, 11) is 0. The maximum Gasteiger partial charge on any atom is 0.294 e. The van der Waals surface area contributed by atoms with E-state index in [1.165, 1.54) is 0 Å². The monoisotopic (exact) mass is 530 g/mol. The van der Waals surface area contributed by atoms with E-state index in [4.69, 9.17) is 9.47 Å². The van der Waals surface area contributed by atoms with Crippen molar-refractivity contribution >= 4 is 40.6 Å². The Bertz CT molecular complexity index is 1400. The van der Waals surface area contributed by atoms with Crippen LogP contribution in [0.2, 0.25) is 0 Å². The number of carbonyl (C=O) groups is 3. The molecule has 1 heterocycles. The van der Waals surface area contributed by atoms with Gasteiger partial charge in [-0.3, -0.25) is 19.3 Å². The van der Waals surface area contributed by atoms with Crippen molar-refractivity contribution < 1.29 is 23.9 Å². The lowest BCUT2D eigenvalue weighted by Crippen LogP contribution is -2.36. The maximum absolute atomic E-state index is 13.0. The van der Waals surface area contributed by atoms with Crippen LogP contribution in [0, 0.1) is 20.8 Å². The highest BCUT2D eigenvalue weighted by molar-refractivity contribution is 8.18. The van der Waals surface area contributed by atoms with Crippen molar-refractivity contribution in [3.8, 4) is 11.5 Å². The maximum atomic E-state index is 13.0. The predicted molar refractivity (Wildman–Crippen MR) is 150 cm³/mol. The molecule has 1 fully saturated rings. The van der Waals surface area contributed by atoms with E-state index in [2.05, 4.69) is 11.4 Å². The highest BCUT2D eigenvalue weighted by atomic mass is 32.2. The van der Waals surface area contributed by atoms with E-state index in [0.717, 1.165) is 38.9 Å². The predicted octanol–water partition coefficient (Wildman–Crippen LogP) is 6.26. The summed E-state index contributed by atoms with van der Waals surface area (Å²) in [5.74, 6) is 0.192. The van der Waals surface area contributed by atoms with Crippen molar-refractivity contribution in [2.24, 2.45) is 0 Å². The Balaban J connectivity index is 1.46. The van der Waals surface area contributed by atoms with Gasteiger partial charge in [-0.2, -0.15) is 0 Å². The van der Waals surface area contributed by atoms with Gasteiger partial charge in [-0.25, -0.2) is 0 Å². The number of carbonyl (C=O) groups excluding carboxylic acids is 3. The minimum Gasteiger partial charge on any atom is -0.490 e. The van der Waals surface area contributed by atoms with Gasteiger partial charge in [0.1, 0.15) is 13.2 Å². The fourth-order valence-corrected chi connectivity index (χ4v) is 4.93. The topological polar surface area (TPSA) is 84.9 Å². The SMILES string of the molecule is CCOc1cc(/C=C2\SC(=O)N(CC(=O)Nc3c(C)cccc3C)C2=O)ccc1OCc1cccc(C)c1. The van der Waals surface area contributed by atoms with Crippen LogP contribution in [0.3, 0.4) is 0 Å². The fraction of sp³-hybridized carbons (Fsp3) is 0.233. The van der Waals surface area contributed by atoms with Crippen LogP contribution in [0.5, 0.6) is 11.5 Å². The number of anilines is 1. The van der Waals surface area contributed by atoms with Crippen LogP contribution < -0.4 is 14.8 Å². The second-order valence-corrected chi connectivity index (χ2v) is 9.99. The average Bonchev–Trinajstić information content (AvgIpc) is 3.13. The molecule has 1 saturated heterocycles. The van der Waals surface area contributed by atoms with E-state index in [1.54, 1.807) is 24.3 Å². The highest BCUT2D eigenvalue weighted by Gasteiger charge is 2.36. The molecule has 0 atom stereocenters. The molecule has 1 aliphatic rings. The Morgan fingerprint density at radius 1 is 0.947 bits per heavy atom. The van der Waals surface area contributed by atoms with Crippen LogP contribution in [-0.4, -0.2) is 35.1 Å². The van der Waals surface area contributed by atoms with Crippen LogP contribution in [0.4, 0.5) is 10.5 Å². The molecule has 7 nitrogen and oxygen atoms in total. The van der Waals surface area contributed by atoms with Gasteiger partial charge in [0, 0.05) is 5.69 Å². The number of imide groups is 1. The molecule has 3 amide bonds. The summed E-state index contributed by atoms with van der Waals surface area (Å²) in [4.78, 5) is 39.4. The zero-order chi connectivity index (χ0) is 27.2. The first-order valence-corrected chi connectivity index (χ1v) is 13.1. The summed E-state index contributed by atoms with van der Waals surface area (Å²) < 4.78 is 11.8. The first-order chi connectivity index (χ1) is 18.2. The van der Waals surface area contributed by atoms with E-state index in [0.29, 0.717) is 36.0 Å². The van der Waals surface area contributed by atoms with E-state index >= 15 is 0 Å². The van der Waals surface area contributed by atoms with Gasteiger partial charge in [0.15, 0.2) is 11.5 Å². The highest BCUT2D eigenvalue weighted by Crippen LogP contribution is 2.35. The normalized spacial score (nSPS) is 14.2. The minimum absolute atomic E-state index is 0.241. The van der Waals surface area contributed by atoms with Gasteiger partial charge < -0.3 is 14.8 Å². The first kappa shape index (κ1) is 27.0. The summed E-state index contributed by atoms with van der Waals surface area (Å²) in [6, 6.07) is 19.1. The summed E-state index contributed by atoms with van der Waals surface area (Å²) in [5.41, 5.74) is 5.39. The number of rotatable bonds is 9. The van der Waals surface area contributed by atoms with Gasteiger partial charge in [0.05, 0.1) is 11.5 Å². The van der Waals surface area contributed by atoms with E-state index < -0.39 is 17.1 Å². The molecule has 0 spiro atoms. The Morgan fingerprint density at radius 2 is 1.68 bits per heavy atom. The molecule has 1 N–H and O–H groups in total. The van der Waals surface area contributed by atoms with E-state index in [-0.39, 0.29) is 11.4 Å². The molecule has 0 aliphatic carbocycles. The Kier molecular flexibility index (Phi) is 8.53. The largest absolute Gasteiger partial charge is 0.490 e. The smallest absolute Gasteiger partial charge is 0.294 e. The lowest BCUT2D eigenvalue weighted by Gasteiger charge is -2.15. The van der Waals surface area contributed by atoms with Crippen LogP contribution in [0.15, 0.2) is 65.6 Å². The number of hydrogen-bond donors (Lipinski definition) is 1. The van der Waals surface area contributed by atoms with E-state index in [9.17, 15) is 14.4 Å². The Hall–Kier alpha value is -4.04. The molecule has 0 aromatic heterocycles. The zero-order valence-electron chi connectivity index (χ0n) is 21.9. The molecule has 3 aromatic rings. The number of thioether (sulfide) groups is 1. The average molecular weight is 531 g/mol. The molecular weight excluding hydrogens is 500 g/mol. The van der Waals surface area contributed by atoms with Crippen molar-refractivity contribution in [1.29, 1.82) is 0 Å². The van der Waals surface area contributed by atoms with Crippen LogP contribution in [-0.2, 0) is 16.2 Å². The summed E-state index contributed by atoms with van der Waals surface area (Å²) in [6.07, 6.45) is 1.63. The number of aryl methyl sites for hydroxylation is 3. The number of nitrogens with zero attached hydrogens (tertiary/aromatic N) is 1. The van der Waals surface area contributed by atoms with E-state index in [1.807, 2.05) is 64.1 Å². The van der Waals surface area contributed by atoms with Crippen molar-refractivity contribution in [1.82, 2.24) is 4.90 Å². The molecule has 196 valence electrons. The first-order valence-electron chi connectivity index (χ1n) is 12.3. The lowest BCUT2D eigenvalue weighted by atomic mass is 10.1. The quantitative estimate of drug-likeness (QED) is 0.329. The number of amides is 3. The third-order valence-corrected chi connectivity index (χ3v) is 6.87. The van der Waals surface area contributed by atoms with Crippen molar-refractivity contribution in [3.05, 3.63) is 93.4 Å². The van der Waals surface area contributed by atoms with Gasteiger partial charge in [0.2, 0.25) is 5.91 Å². The van der Waals surface area contributed by atoms with Crippen molar-refractivity contribution in [2.45, 2.75) is 34.3 Å². The Labute approximate surface area is 226 Å². The summed E-state index contributed by atoms with van der Waals surface area (Å²) in [6.45, 7) is 8.17. The third kappa shape index (κ3) is 6.44. The number of hydrogen-bond acceptors (Lipinski definition) is 6. The molecular formula is C30H30N2O5S. The molecule has 8 heteroatoms. The van der Waals surface area contributed by atoms with Gasteiger partial charge in [-0.15, -0.1) is 0 Å². The van der Waals surface area contributed by atoms with Crippen molar-refractivity contribution in [3.63, 3.8) is 0 Å². The Morgan fingerprint density at radius 3 is 2.39 bits per heavy atom.